The minimum Gasteiger partial charge on any atom is -0.481 e. The predicted octanol–water partition coefficient (Wildman–Crippen LogP) is 2.91. The average molecular weight is 234 g/mol. The van der Waals surface area contributed by atoms with Crippen molar-refractivity contribution < 1.29 is 14.7 Å². The van der Waals surface area contributed by atoms with Crippen LogP contribution in [0.2, 0.25) is 0 Å². The Morgan fingerprint density at radius 2 is 1.65 bits per heavy atom. The molecule has 0 amide bonds. The summed E-state index contributed by atoms with van der Waals surface area (Å²) >= 11 is 0. The minimum atomic E-state index is -0.938. The van der Waals surface area contributed by atoms with Crippen LogP contribution in [0.1, 0.15) is 40.4 Å². The fourth-order valence-electron chi connectivity index (χ4n) is 1.85. The Morgan fingerprint density at radius 3 is 2.18 bits per heavy atom. The number of hydrogen-bond donors (Lipinski definition) is 1. The highest BCUT2D eigenvalue weighted by Gasteiger charge is 2.20. The topological polar surface area (TPSA) is 54.4 Å². The second-order valence-electron chi connectivity index (χ2n) is 4.61. The minimum absolute atomic E-state index is 0.0898. The van der Waals surface area contributed by atoms with E-state index in [9.17, 15) is 9.59 Å². The number of carboxylic acid groups (broad SMARTS) is 1. The number of ketones is 1. The molecule has 0 aliphatic heterocycles. The smallest absolute Gasteiger partial charge is 0.304 e. The van der Waals surface area contributed by atoms with Crippen LogP contribution in [0.3, 0.4) is 0 Å². The number of Topliss-reactive ketones (excluding diaryl/α,β-unsaturated/α-hetero) is 1. The average Bonchev–Trinajstić information content (AvgIpc) is 2.21. The Kier molecular flexibility index (Phi) is 4.05. The van der Waals surface area contributed by atoms with Gasteiger partial charge in [0.15, 0.2) is 5.78 Å². The first-order valence-electron chi connectivity index (χ1n) is 5.66. The maximum absolute atomic E-state index is 12.1. The van der Waals surface area contributed by atoms with Crippen molar-refractivity contribution in [3.8, 4) is 0 Å². The Labute approximate surface area is 101 Å². The van der Waals surface area contributed by atoms with Crippen molar-refractivity contribution in [1.29, 1.82) is 0 Å². The second-order valence-corrected chi connectivity index (χ2v) is 4.61. The molecule has 3 nitrogen and oxygen atoms in total. The summed E-state index contributed by atoms with van der Waals surface area (Å²) in [6.45, 7) is 7.49. The van der Waals surface area contributed by atoms with E-state index in [0.717, 1.165) is 16.7 Å². The molecule has 0 aliphatic rings. The van der Waals surface area contributed by atoms with Crippen LogP contribution >= 0.6 is 0 Å². The van der Waals surface area contributed by atoms with Crippen molar-refractivity contribution >= 4 is 11.8 Å². The Bertz CT molecular complexity index is 461. The van der Waals surface area contributed by atoms with Gasteiger partial charge < -0.3 is 5.11 Å². The van der Waals surface area contributed by atoms with Gasteiger partial charge in [-0.2, -0.15) is 0 Å². The van der Waals surface area contributed by atoms with Crippen LogP contribution < -0.4 is 0 Å². The van der Waals surface area contributed by atoms with Crippen LogP contribution in [0.25, 0.3) is 0 Å². The van der Waals surface area contributed by atoms with Crippen LogP contribution in [-0.4, -0.2) is 16.9 Å². The normalized spacial score (nSPS) is 12.2. The Morgan fingerprint density at radius 1 is 1.12 bits per heavy atom. The number of benzene rings is 1. The number of aryl methyl sites for hydroxylation is 3. The Balaban J connectivity index is 3.04. The summed E-state index contributed by atoms with van der Waals surface area (Å²) in [5.74, 6) is -1.51. The largest absolute Gasteiger partial charge is 0.481 e. The predicted molar refractivity (Wildman–Crippen MR) is 66.4 cm³/mol. The number of hydrogen-bond acceptors (Lipinski definition) is 2. The molecular weight excluding hydrogens is 216 g/mol. The number of carbonyl (C=O) groups excluding carboxylic acids is 1. The van der Waals surface area contributed by atoms with Gasteiger partial charge in [-0.3, -0.25) is 9.59 Å². The van der Waals surface area contributed by atoms with E-state index in [1.165, 1.54) is 0 Å². The van der Waals surface area contributed by atoms with E-state index in [1.807, 2.05) is 32.9 Å². The summed E-state index contributed by atoms with van der Waals surface area (Å²) in [6, 6.07) is 3.82. The molecule has 1 atom stereocenters. The molecule has 0 aromatic heterocycles. The summed E-state index contributed by atoms with van der Waals surface area (Å²) in [7, 11) is 0. The van der Waals surface area contributed by atoms with Gasteiger partial charge in [0.05, 0.1) is 6.42 Å². The fourth-order valence-corrected chi connectivity index (χ4v) is 1.85. The van der Waals surface area contributed by atoms with Gasteiger partial charge in [-0.1, -0.05) is 13.0 Å². The number of rotatable bonds is 4. The summed E-state index contributed by atoms with van der Waals surface area (Å²) < 4.78 is 0. The molecule has 0 bridgehead atoms. The summed E-state index contributed by atoms with van der Waals surface area (Å²) in [6.07, 6.45) is -0.120. The highest BCUT2D eigenvalue weighted by atomic mass is 16.4. The second kappa shape index (κ2) is 5.13. The van der Waals surface area contributed by atoms with E-state index in [0.29, 0.717) is 5.56 Å². The fraction of sp³-hybridized carbons (Fsp3) is 0.429. The van der Waals surface area contributed by atoms with Crippen molar-refractivity contribution in [3.63, 3.8) is 0 Å². The van der Waals surface area contributed by atoms with E-state index in [4.69, 9.17) is 5.11 Å². The summed E-state index contributed by atoms with van der Waals surface area (Å²) in [4.78, 5) is 22.7. The molecule has 0 fully saturated rings. The molecule has 0 saturated carbocycles. The van der Waals surface area contributed by atoms with Crippen molar-refractivity contribution in [3.05, 3.63) is 34.4 Å². The van der Waals surface area contributed by atoms with E-state index < -0.39 is 11.9 Å². The van der Waals surface area contributed by atoms with Crippen molar-refractivity contribution in [2.24, 2.45) is 5.92 Å². The molecule has 1 unspecified atom stereocenters. The zero-order valence-corrected chi connectivity index (χ0v) is 10.7. The first kappa shape index (κ1) is 13.4. The molecule has 1 aromatic carbocycles. The molecule has 0 aliphatic carbocycles. The molecule has 0 saturated heterocycles. The molecule has 0 heterocycles. The SMILES string of the molecule is Cc1cc(C)c(C(=O)C(C)CC(=O)O)cc1C. The third-order valence-corrected chi connectivity index (χ3v) is 3.03. The molecular formula is C14H18O3. The van der Waals surface area contributed by atoms with E-state index in [2.05, 4.69) is 0 Å². The van der Waals surface area contributed by atoms with Crippen molar-refractivity contribution in [1.82, 2.24) is 0 Å². The Hall–Kier alpha value is -1.64. The first-order valence-corrected chi connectivity index (χ1v) is 5.66. The lowest BCUT2D eigenvalue weighted by Gasteiger charge is -2.12. The molecule has 3 heteroatoms. The van der Waals surface area contributed by atoms with Crippen LogP contribution in [0, 0.1) is 26.7 Å². The monoisotopic (exact) mass is 234 g/mol. The molecule has 92 valence electrons. The highest BCUT2D eigenvalue weighted by Crippen LogP contribution is 2.20. The van der Waals surface area contributed by atoms with Gasteiger partial charge >= 0.3 is 5.97 Å². The quantitative estimate of drug-likeness (QED) is 0.815. The van der Waals surface area contributed by atoms with Crippen LogP contribution in [0.15, 0.2) is 12.1 Å². The molecule has 1 N–H and O–H groups in total. The van der Waals surface area contributed by atoms with Crippen molar-refractivity contribution in [2.75, 3.05) is 0 Å². The number of aliphatic carboxylic acids is 1. The van der Waals surface area contributed by atoms with Gasteiger partial charge in [0.2, 0.25) is 0 Å². The van der Waals surface area contributed by atoms with Gasteiger partial charge in [0, 0.05) is 11.5 Å². The highest BCUT2D eigenvalue weighted by molar-refractivity contribution is 6.00. The van der Waals surface area contributed by atoms with Crippen molar-refractivity contribution in [2.45, 2.75) is 34.1 Å². The standard InChI is InChI=1S/C14H18O3/c1-8-5-10(3)12(6-9(8)2)14(17)11(4)7-13(15)16/h5-6,11H,7H2,1-4H3,(H,15,16). The van der Waals surface area contributed by atoms with Gasteiger partial charge in [-0.05, 0) is 43.5 Å². The maximum atomic E-state index is 12.1. The van der Waals surface area contributed by atoms with Gasteiger partial charge in [0.25, 0.3) is 0 Å². The first-order chi connectivity index (χ1) is 7.82. The van der Waals surface area contributed by atoms with E-state index >= 15 is 0 Å². The lowest BCUT2D eigenvalue weighted by Crippen LogP contribution is -2.16. The third kappa shape index (κ3) is 3.16. The molecule has 0 radical (unpaired) electrons. The number of carbonyl (C=O) groups is 2. The van der Waals surface area contributed by atoms with Gasteiger partial charge in [0.1, 0.15) is 0 Å². The zero-order chi connectivity index (χ0) is 13.2. The summed E-state index contributed by atoms with van der Waals surface area (Å²) in [5, 5.41) is 8.70. The van der Waals surface area contributed by atoms with Gasteiger partial charge in [-0.15, -0.1) is 0 Å². The summed E-state index contributed by atoms with van der Waals surface area (Å²) in [5.41, 5.74) is 3.75. The zero-order valence-electron chi connectivity index (χ0n) is 10.7. The van der Waals surface area contributed by atoms with Crippen LogP contribution in [0.5, 0.6) is 0 Å². The van der Waals surface area contributed by atoms with E-state index in [-0.39, 0.29) is 12.2 Å². The molecule has 17 heavy (non-hydrogen) atoms. The van der Waals surface area contributed by atoms with Crippen LogP contribution in [0.4, 0.5) is 0 Å². The number of carboxylic acids is 1. The lowest BCUT2D eigenvalue weighted by molar-refractivity contribution is -0.137. The molecule has 1 aromatic rings. The third-order valence-electron chi connectivity index (χ3n) is 3.03. The van der Waals surface area contributed by atoms with E-state index in [1.54, 1.807) is 6.92 Å². The molecule has 1 rings (SSSR count). The maximum Gasteiger partial charge on any atom is 0.304 e. The van der Waals surface area contributed by atoms with Gasteiger partial charge in [-0.25, -0.2) is 0 Å². The van der Waals surface area contributed by atoms with Crippen LogP contribution in [-0.2, 0) is 4.79 Å². The molecule has 0 spiro atoms. The lowest BCUT2D eigenvalue weighted by atomic mass is 9.91.